The predicted molar refractivity (Wildman–Crippen MR) is 92.2 cm³/mol. The van der Waals surface area contributed by atoms with Crippen LogP contribution < -0.4 is 33.5 Å². The van der Waals surface area contributed by atoms with E-state index in [-0.39, 0.29) is 23.8 Å². The fourth-order valence-corrected chi connectivity index (χ4v) is 2.26. The molecule has 2 aromatic rings. The molecule has 3 N–H and O–H groups in total. The van der Waals surface area contributed by atoms with Crippen molar-refractivity contribution in [1.29, 1.82) is 0 Å². The molecule has 2 rings (SSSR count). The molecule has 24 heavy (non-hydrogen) atoms. The van der Waals surface area contributed by atoms with Gasteiger partial charge >= 0.3 is 6.03 Å². The highest BCUT2D eigenvalue weighted by atomic mass is 35.5. The van der Waals surface area contributed by atoms with Crippen molar-refractivity contribution in [2.24, 2.45) is 0 Å². The van der Waals surface area contributed by atoms with Crippen LogP contribution in [-0.4, -0.2) is 29.3 Å². The van der Waals surface area contributed by atoms with Crippen LogP contribution in [0.2, 0.25) is 0 Å². The number of hydrogen-bond acceptors (Lipinski definition) is 4. The number of halogens is 1. The van der Waals surface area contributed by atoms with Gasteiger partial charge in [0.2, 0.25) is 0 Å². The Bertz CT molecular complexity index is 723. The number of H-pyrrole nitrogens is 1. The van der Waals surface area contributed by atoms with Gasteiger partial charge in [-0.05, 0) is 50.6 Å². The molecule has 0 spiro atoms. The normalized spacial score (nSPS) is 9.79. The van der Waals surface area contributed by atoms with Crippen LogP contribution in [0.25, 0.3) is 0 Å². The molecule has 0 unspecified atom stereocenters. The number of urea groups is 1. The number of anilines is 3. The van der Waals surface area contributed by atoms with Gasteiger partial charge in [-0.2, -0.15) is 5.10 Å². The third kappa shape index (κ3) is 4.99. The van der Waals surface area contributed by atoms with Gasteiger partial charge < -0.3 is 22.6 Å². The Morgan fingerprint density at radius 3 is 2.42 bits per heavy atom. The average molecular weight is 351 g/mol. The third-order valence-electron chi connectivity index (χ3n) is 3.51. The van der Waals surface area contributed by atoms with E-state index in [1.165, 1.54) is 12.1 Å². The number of aromatic nitrogens is 2. The molecule has 0 fully saturated rings. The predicted octanol–water partition coefficient (Wildman–Crippen LogP) is -0.427. The number of amides is 2. The van der Waals surface area contributed by atoms with E-state index in [0.29, 0.717) is 0 Å². The third-order valence-corrected chi connectivity index (χ3v) is 3.51. The van der Waals surface area contributed by atoms with E-state index in [2.05, 4.69) is 39.6 Å². The minimum Gasteiger partial charge on any atom is -1.00 e. The molecular formula is C16H21ClN5O2-. The van der Waals surface area contributed by atoms with Gasteiger partial charge in [0.1, 0.15) is 0 Å². The minimum atomic E-state index is -0.414. The Morgan fingerprint density at radius 1 is 1.17 bits per heavy atom. The van der Waals surface area contributed by atoms with E-state index >= 15 is 0 Å². The van der Waals surface area contributed by atoms with Crippen LogP contribution in [-0.2, 0) is 0 Å². The second kappa shape index (κ2) is 8.93. The lowest BCUT2D eigenvalue weighted by Gasteiger charge is -2.22. The lowest BCUT2D eigenvalue weighted by Crippen LogP contribution is -3.00. The first-order valence-corrected chi connectivity index (χ1v) is 7.52. The van der Waals surface area contributed by atoms with E-state index < -0.39 is 6.03 Å². The average Bonchev–Trinajstić information content (AvgIpc) is 2.53. The van der Waals surface area contributed by atoms with Crippen LogP contribution in [0.3, 0.4) is 0 Å². The summed E-state index contributed by atoms with van der Waals surface area (Å²) in [6.07, 6.45) is 0. The number of benzene rings is 1. The van der Waals surface area contributed by atoms with Crippen molar-refractivity contribution in [2.45, 2.75) is 20.8 Å². The number of carbonyl (C=O) groups is 1. The Hall–Kier alpha value is -2.54. The van der Waals surface area contributed by atoms with Crippen LogP contribution in [0, 0.1) is 6.92 Å². The van der Waals surface area contributed by atoms with Gasteiger partial charge in [-0.25, -0.2) is 9.89 Å². The van der Waals surface area contributed by atoms with E-state index in [4.69, 9.17) is 0 Å². The highest BCUT2D eigenvalue weighted by molar-refractivity contribution is 5.99. The van der Waals surface area contributed by atoms with Crippen molar-refractivity contribution in [3.05, 3.63) is 46.2 Å². The van der Waals surface area contributed by atoms with Gasteiger partial charge in [0.25, 0.3) is 5.56 Å². The van der Waals surface area contributed by atoms with E-state index in [0.717, 1.165) is 30.0 Å². The maximum absolute atomic E-state index is 12.0. The molecule has 0 atom stereocenters. The fraction of sp³-hybridized carbons (Fsp3) is 0.312. The summed E-state index contributed by atoms with van der Waals surface area (Å²) < 4.78 is 0. The number of nitrogens with zero attached hydrogens (tertiary/aromatic N) is 2. The van der Waals surface area contributed by atoms with Crippen molar-refractivity contribution >= 4 is 23.2 Å². The Balaban J connectivity index is 0.00000288. The van der Waals surface area contributed by atoms with Gasteiger partial charge in [0, 0.05) is 30.5 Å². The monoisotopic (exact) mass is 350 g/mol. The number of aromatic amines is 1. The number of nitrogens with one attached hydrogen (secondary N) is 3. The van der Waals surface area contributed by atoms with E-state index in [1.807, 2.05) is 25.1 Å². The van der Waals surface area contributed by atoms with Crippen molar-refractivity contribution in [1.82, 2.24) is 10.2 Å². The molecule has 0 aliphatic rings. The molecule has 0 aliphatic carbocycles. The molecule has 0 aliphatic heterocycles. The summed E-state index contributed by atoms with van der Waals surface area (Å²) in [7, 11) is 0. The molecule has 2 amide bonds. The summed E-state index contributed by atoms with van der Waals surface area (Å²) in [5.74, 6) is 0.277. The van der Waals surface area contributed by atoms with Crippen LogP contribution in [0.5, 0.6) is 0 Å². The van der Waals surface area contributed by atoms with Gasteiger partial charge in [-0.15, -0.1) is 0 Å². The van der Waals surface area contributed by atoms with Gasteiger partial charge in [-0.3, -0.25) is 10.1 Å². The molecule has 0 bridgehead atoms. The molecule has 1 aromatic heterocycles. The second-order valence-electron chi connectivity index (χ2n) is 5.06. The number of carbonyl (C=O) groups excluding carboxylic acids is 1. The second-order valence-corrected chi connectivity index (χ2v) is 5.06. The topological polar surface area (TPSA) is 90.1 Å². The Morgan fingerprint density at radius 2 is 1.88 bits per heavy atom. The Labute approximate surface area is 146 Å². The molecule has 1 aromatic carbocycles. The molecule has 130 valence electrons. The number of aryl methyl sites for hydroxylation is 1. The minimum absolute atomic E-state index is 0. The van der Waals surface area contributed by atoms with E-state index in [1.54, 1.807) is 0 Å². The molecule has 0 radical (unpaired) electrons. The standard InChI is InChI=1S/C16H21N5O2.ClH/c1-4-21(5-2)12-6-7-13(11(3)10-12)17-16(23)18-14-8-9-15(22)20-19-14;/h6-10H,4-5H2,1-3H3,(H,20,22)(H2,17,18,19,23);1H/p-1. The van der Waals surface area contributed by atoms with Crippen molar-refractivity contribution < 1.29 is 17.2 Å². The lowest BCUT2D eigenvalue weighted by atomic mass is 10.1. The highest BCUT2D eigenvalue weighted by Crippen LogP contribution is 2.22. The molecule has 0 saturated heterocycles. The van der Waals surface area contributed by atoms with Gasteiger partial charge in [0.15, 0.2) is 5.82 Å². The molecular weight excluding hydrogens is 330 g/mol. The fourth-order valence-electron chi connectivity index (χ4n) is 2.26. The smallest absolute Gasteiger partial charge is 0.324 e. The summed E-state index contributed by atoms with van der Waals surface area (Å²) >= 11 is 0. The van der Waals surface area contributed by atoms with Crippen molar-refractivity contribution in [3.8, 4) is 0 Å². The largest absolute Gasteiger partial charge is 1.00 e. The Kier molecular flexibility index (Phi) is 7.26. The first-order valence-electron chi connectivity index (χ1n) is 7.52. The first-order chi connectivity index (χ1) is 11.0. The maximum atomic E-state index is 12.0. The maximum Gasteiger partial charge on any atom is 0.324 e. The molecule has 1 heterocycles. The lowest BCUT2D eigenvalue weighted by molar-refractivity contribution is -0.00000791. The SMILES string of the molecule is CCN(CC)c1ccc(NC(=O)Nc2ccc(=O)[nH]n2)c(C)c1.[Cl-]. The zero-order chi connectivity index (χ0) is 16.8. The zero-order valence-corrected chi connectivity index (χ0v) is 14.6. The van der Waals surface area contributed by atoms with Crippen LogP contribution in [0.15, 0.2) is 35.1 Å². The molecule has 8 heteroatoms. The van der Waals surface area contributed by atoms with E-state index in [9.17, 15) is 9.59 Å². The molecule has 0 saturated carbocycles. The summed E-state index contributed by atoms with van der Waals surface area (Å²) in [5, 5.41) is 11.3. The summed E-state index contributed by atoms with van der Waals surface area (Å²) in [6, 6.07) is 8.22. The van der Waals surface area contributed by atoms with Crippen LogP contribution in [0.1, 0.15) is 19.4 Å². The number of hydrogen-bond donors (Lipinski definition) is 3. The van der Waals surface area contributed by atoms with Gasteiger partial charge in [0.05, 0.1) is 0 Å². The zero-order valence-electron chi connectivity index (χ0n) is 13.9. The van der Waals surface area contributed by atoms with Gasteiger partial charge in [-0.1, -0.05) is 0 Å². The highest BCUT2D eigenvalue weighted by Gasteiger charge is 2.08. The van der Waals surface area contributed by atoms with Crippen LogP contribution >= 0.6 is 0 Å². The number of rotatable bonds is 5. The summed E-state index contributed by atoms with van der Waals surface area (Å²) in [6.45, 7) is 8.02. The first kappa shape index (κ1) is 19.5. The van der Waals surface area contributed by atoms with Crippen LogP contribution in [0.4, 0.5) is 22.0 Å². The van der Waals surface area contributed by atoms with Crippen molar-refractivity contribution in [2.75, 3.05) is 28.6 Å². The summed E-state index contributed by atoms with van der Waals surface area (Å²) in [5.41, 5.74) is 2.50. The van der Waals surface area contributed by atoms with Crippen molar-refractivity contribution in [3.63, 3.8) is 0 Å². The summed E-state index contributed by atoms with van der Waals surface area (Å²) in [4.78, 5) is 25.2. The quantitative estimate of drug-likeness (QED) is 0.682. The molecule has 7 nitrogen and oxygen atoms in total.